The van der Waals surface area contributed by atoms with Crippen LogP contribution in [-0.2, 0) is 32.6 Å². The normalized spacial score (nSPS) is 15.7. The number of methoxy groups -OCH3 is 1. The Kier molecular flexibility index (Phi) is 9.18. The van der Waals surface area contributed by atoms with E-state index in [0.29, 0.717) is 23.4 Å². The first kappa shape index (κ1) is 29.3. The number of likely N-dealkylation sites (N-methyl/N-ethyl adjacent to an activating group) is 1. The molecular formula is C28H38N4O5S2. The van der Waals surface area contributed by atoms with Crippen LogP contribution < -0.4 is 4.74 Å². The highest BCUT2D eigenvalue weighted by molar-refractivity contribution is 7.89. The van der Waals surface area contributed by atoms with E-state index in [1.807, 2.05) is 16.3 Å². The lowest BCUT2D eigenvalue weighted by molar-refractivity contribution is -0.138. The Balaban J connectivity index is 1.40. The summed E-state index contributed by atoms with van der Waals surface area (Å²) in [5.74, 6) is 0.510. The lowest BCUT2D eigenvalue weighted by Crippen LogP contribution is -2.44. The summed E-state index contributed by atoms with van der Waals surface area (Å²) >= 11 is 1.64. The summed E-state index contributed by atoms with van der Waals surface area (Å²) in [6, 6.07) is 11.6. The summed E-state index contributed by atoms with van der Waals surface area (Å²) in [6.07, 6.45) is 0. The van der Waals surface area contributed by atoms with Gasteiger partial charge < -0.3 is 23.8 Å². The number of rotatable bonds is 11. The summed E-state index contributed by atoms with van der Waals surface area (Å²) in [7, 11) is 3.46. The maximum atomic E-state index is 13.4. The van der Waals surface area contributed by atoms with Crippen LogP contribution in [0.4, 0.5) is 0 Å². The molecule has 3 heterocycles. The molecule has 1 unspecified atom stereocenters. The van der Waals surface area contributed by atoms with Gasteiger partial charge in [0.25, 0.3) is 0 Å². The van der Waals surface area contributed by atoms with Crippen molar-refractivity contribution in [2.24, 2.45) is 0 Å². The minimum Gasteiger partial charge on any atom is -0.497 e. The third-order valence-corrected chi connectivity index (χ3v) is 10.1. The highest BCUT2D eigenvalue weighted by atomic mass is 32.2. The number of ether oxygens (including phenoxy) is 2. The van der Waals surface area contributed by atoms with E-state index in [0.717, 1.165) is 23.7 Å². The van der Waals surface area contributed by atoms with E-state index >= 15 is 0 Å². The Hall–Kier alpha value is -2.70. The number of nitrogens with zero attached hydrogens (tertiary/aromatic N) is 4. The maximum Gasteiger partial charge on any atom is 0.249 e. The van der Waals surface area contributed by atoms with Crippen molar-refractivity contribution >= 4 is 27.3 Å². The van der Waals surface area contributed by atoms with E-state index < -0.39 is 10.0 Å². The van der Waals surface area contributed by atoms with Crippen LogP contribution in [0.15, 0.2) is 46.7 Å². The molecule has 1 aliphatic rings. The first-order chi connectivity index (χ1) is 18.5. The SMILES string of the molecule is COc1cc(C)c(S(=O)(=O)N(C)CCOCC(=O)N2CCn3c(CN(C)C)ccc3C2c2cccs2)c(C)c1. The van der Waals surface area contributed by atoms with Crippen molar-refractivity contribution in [2.45, 2.75) is 37.9 Å². The van der Waals surface area contributed by atoms with Gasteiger partial charge in [0.05, 0.1) is 18.6 Å². The molecule has 1 amide bonds. The van der Waals surface area contributed by atoms with Crippen molar-refractivity contribution in [2.75, 3.05) is 54.6 Å². The molecule has 1 atom stereocenters. The second kappa shape index (κ2) is 12.2. The number of aryl methyl sites for hydroxylation is 2. The molecule has 9 nitrogen and oxygen atoms in total. The molecule has 212 valence electrons. The highest BCUT2D eigenvalue weighted by Gasteiger charge is 2.34. The van der Waals surface area contributed by atoms with Gasteiger partial charge >= 0.3 is 0 Å². The van der Waals surface area contributed by atoms with Crippen molar-refractivity contribution in [1.82, 2.24) is 18.7 Å². The number of hydrogen-bond donors (Lipinski definition) is 0. The van der Waals surface area contributed by atoms with E-state index in [2.05, 4.69) is 41.8 Å². The van der Waals surface area contributed by atoms with Crippen LogP contribution in [-0.4, -0.2) is 87.6 Å². The first-order valence-electron chi connectivity index (χ1n) is 12.9. The second-order valence-electron chi connectivity index (χ2n) is 10.1. The molecule has 0 spiro atoms. The van der Waals surface area contributed by atoms with E-state index in [1.54, 1.807) is 44.4 Å². The summed E-state index contributed by atoms with van der Waals surface area (Å²) in [5.41, 5.74) is 3.58. The van der Waals surface area contributed by atoms with Gasteiger partial charge in [0.2, 0.25) is 15.9 Å². The maximum absolute atomic E-state index is 13.4. The van der Waals surface area contributed by atoms with Crippen molar-refractivity contribution in [3.8, 4) is 5.75 Å². The number of fused-ring (bicyclic) bond motifs is 1. The molecule has 11 heteroatoms. The fourth-order valence-corrected chi connectivity index (χ4v) is 7.57. The topological polar surface area (TPSA) is 84.3 Å². The zero-order valence-electron chi connectivity index (χ0n) is 23.5. The molecule has 0 saturated heterocycles. The van der Waals surface area contributed by atoms with E-state index in [4.69, 9.17) is 9.47 Å². The average molecular weight is 575 g/mol. The van der Waals surface area contributed by atoms with Gasteiger partial charge in [-0.25, -0.2) is 8.42 Å². The smallest absolute Gasteiger partial charge is 0.249 e. The molecule has 39 heavy (non-hydrogen) atoms. The standard InChI is InChI=1S/C28H38N4O5S2/c1-20-16-23(36-6)17-21(2)28(20)39(34,35)30(5)13-14-37-19-26(33)32-12-11-31-22(18-29(3)4)9-10-24(31)27(32)25-8-7-15-38-25/h7-10,15-17,27H,11-14,18-19H2,1-6H3. The van der Waals surface area contributed by atoms with Crippen LogP contribution in [0.25, 0.3) is 0 Å². The minimum atomic E-state index is -3.73. The van der Waals surface area contributed by atoms with Gasteiger partial charge in [-0.15, -0.1) is 11.3 Å². The molecule has 2 aromatic heterocycles. The molecule has 0 N–H and O–H groups in total. The molecule has 0 fully saturated rings. The zero-order chi connectivity index (χ0) is 28.3. The summed E-state index contributed by atoms with van der Waals surface area (Å²) in [5, 5.41) is 2.03. The number of carbonyl (C=O) groups is 1. The zero-order valence-corrected chi connectivity index (χ0v) is 25.1. The molecule has 1 aromatic carbocycles. The number of carbonyl (C=O) groups excluding carboxylic acids is 1. The number of benzene rings is 1. The van der Waals surface area contributed by atoms with Crippen LogP contribution in [0.5, 0.6) is 5.75 Å². The Morgan fingerprint density at radius 2 is 1.82 bits per heavy atom. The molecule has 0 bridgehead atoms. The Bertz CT molecular complexity index is 1380. The summed E-state index contributed by atoms with van der Waals surface area (Å²) in [4.78, 5) is 18.8. The van der Waals surface area contributed by atoms with E-state index in [-0.39, 0.29) is 36.6 Å². The van der Waals surface area contributed by atoms with E-state index in [9.17, 15) is 13.2 Å². The van der Waals surface area contributed by atoms with Crippen LogP contribution >= 0.6 is 11.3 Å². The van der Waals surface area contributed by atoms with Crippen LogP contribution in [0.2, 0.25) is 0 Å². The predicted molar refractivity (Wildman–Crippen MR) is 153 cm³/mol. The van der Waals surface area contributed by atoms with Crippen molar-refractivity contribution in [1.29, 1.82) is 0 Å². The quantitative estimate of drug-likeness (QED) is 0.326. The van der Waals surface area contributed by atoms with Gasteiger partial charge in [-0.05, 0) is 74.8 Å². The molecule has 3 aromatic rings. The number of aromatic nitrogens is 1. The van der Waals surface area contributed by atoms with Gasteiger partial charge in [-0.2, -0.15) is 4.31 Å². The molecule has 1 aliphatic heterocycles. The van der Waals surface area contributed by atoms with Crippen molar-refractivity contribution in [3.05, 3.63) is 69.2 Å². The number of sulfonamides is 1. The molecule has 4 rings (SSSR count). The summed E-state index contributed by atoms with van der Waals surface area (Å²) in [6.45, 7) is 5.78. The van der Waals surface area contributed by atoms with Gasteiger partial charge in [-0.3, -0.25) is 4.79 Å². The predicted octanol–water partition coefficient (Wildman–Crippen LogP) is 3.51. The fourth-order valence-electron chi connectivity index (χ4n) is 5.16. The van der Waals surface area contributed by atoms with Crippen LogP contribution in [0, 0.1) is 13.8 Å². The van der Waals surface area contributed by atoms with Gasteiger partial charge in [0, 0.05) is 49.5 Å². The van der Waals surface area contributed by atoms with Crippen molar-refractivity contribution < 1.29 is 22.7 Å². The lowest BCUT2D eigenvalue weighted by Gasteiger charge is -2.37. The first-order valence-corrected chi connectivity index (χ1v) is 15.2. The molecule has 0 radical (unpaired) electrons. The van der Waals surface area contributed by atoms with E-state index in [1.165, 1.54) is 17.0 Å². The number of amides is 1. The third kappa shape index (κ3) is 6.22. The fraction of sp³-hybridized carbons (Fsp3) is 0.464. The minimum absolute atomic E-state index is 0.108. The number of hydrogen-bond acceptors (Lipinski definition) is 7. The highest BCUT2D eigenvalue weighted by Crippen LogP contribution is 2.36. The summed E-state index contributed by atoms with van der Waals surface area (Å²) < 4.78 is 41.1. The Morgan fingerprint density at radius 3 is 2.44 bits per heavy atom. The second-order valence-corrected chi connectivity index (χ2v) is 13.1. The van der Waals surface area contributed by atoms with Crippen LogP contribution in [0.1, 0.15) is 33.4 Å². The van der Waals surface area contributed by atoms with Gasteiger partial charge in [0.15, 0.2) is 0 Å². The lowest BCUT2D eigenvalue weighted by atomic mass is 10.1. The third-order valence-electron chi connectivity index (χ3n) is 6.99. The molecule has 0 saturated carbocycles. The average Bonchev–Trinajstić information content (AvgIpc) is 3.55. The molecular weight excluding hydrogens is 536 g/mol. The van der Waals surface area contributed by atoms with Gasteiger partial charge in [0.1, 0.15) is 18.4 Å². The number of thiophene rings is 1. The van der Waals surface area contributed by atoms with Crippen molar-refractivity contribution in [3.63, 3.8) is 0 Å². The Labute approximate surface area is 235 Å². The van der Waals surface area contributed by atoms with Crippen LogP contribution in [0.3, 0.4) is 0 Å². The monoisotopic (exact) mass is 574 g/mol. The van der Waals surface area contributed by atoms with Gasteiger partial charge in [-0.1, -0.05) is 6.07 Å². The Morgan fingerprint density at radius 1 is 1.10 bits per heavy atom. The molecule has 0 aliphatic carbocycles. The largest absolute Gasteiger partial charge is 0.497 e.